The fraction of sp³-hybridized carbons (Fsp3) is 0.500. The van der Waals surface area contributed by atoms with E-state index in [9.17, 15) is 0 Å². The SMILES string of the molecule is CC(NCCc1ccc(CO)cc1)c1nc2c(s1)CCCC2. The van der Waals surface area contributed by atoms with Gasteiger partial charge in [-0.15, -0.1) is 11.3 Å². The monoisotopic (exact) mass is 316 g/mol. The number of fused-ring (bicyclic) bond motifs is 1. The minimum Gasteiger partial charge on any atom is -0.392 e. The van der Waals surface area contributed by atoms with Crippen molar-refractivity contribution in [1.82, 2.24) is 10.3 Å². The molecule has 2 N–H and O–H groups in total. The fourth-order valence-corrected chi connectivity index (χ4v) is 4.07. The summed E-state index contributed by atoms with van der Waals surface area (Å²) in [6.45, 7) is 3.27. The third-order valence-corrected chi connectivity index (χ3v) is 5.64. The quantitative estimate of drug-likeness (QED) is 0.858. The highest BCUT2D eigenvalue weighted by molar-refractivity contribution is 7.11. The molecule has 4 heteroatoms. The van der Waals surface area contributed by atoms with Crippen molar-refractivity contribution in [3.63, 3.8) is 0 Å². The van der Waals surface area contributed by atoms with Crippen LogP contribution in [0.4, 0.5) is 0 Å². The van der Waals surface area contributed by atoms with Gasteiger partial charge in [-0.05, 0) is 56.7 Å². The first-order valence-electron chi connectivity index (χ1n) is 8.17. The number of benzene rings is 1. The maximum absolute atomic E-state index is 9.05. The Labute approximate surface area is 136 Å². The van der Waals surface area contributed by atoms with Gasteiger partial charge in [0.2, 0.25) is 0 Å². The van der Waals surface area contributed by atoms with Crippen LogP contribution in [0.3, 0.4) is 0 Å². The van der Waals surface area contributed by atoms with E-state index in [2.05, 4.69) is 24.4 Å². The third-order valence-electron chi connectivity index (χ3n) is 4.30. The van der Waals surface area contributed by atoms with Crippen molar-refractivity contribution in [3.8, 4) is 0 Å². The maximum atomic E-state index is 9.05. The van der Waals surface area contributed by atoms with Crippen molar-refractivity contribution in [3.05, 3.63) is 51.0 Å². The Kier molecular flexibility index (Phi) is 5.24. The van der Waals surface area contributed by atoms with Crippen molar-refractivity contribution in [2.24, 2.45) is 0 Å². The standard InChI is InChI=1S/C18H24N2OS/c1-13(18-20-16-4-2-3-5-17(16)22-18)19-11-10-14-6-8-15(12-21)9-7-14/h6-9,13,19,21H,2-5,10-12H2,1H3. The second-order valence-electron chi connectivity index (χ2n) is 6.03. The van der Waals surface area contributed by atoms with E-state index < -0.39 is 0 Å². The van der Waals surface area contributed by atoms with Crippen LogP contribution in [0, 0.1) is 0 Å². The van der Waals surface area contributed by atoms with Gasteiger partial charge in [0.1, 0.15) is 5.01 Å². The lowest BCUT2D eigenvalue weighted by atomic mass is 10.0. The van der Waals surface area contributed by atoms with Gasteiger partial charge in [0.15, 0.2) is 0 Å². The van der Waals surface area contributed by atoms with Crippen LogP contribution < -0.4 is 5.32 Å². The predicted molar refractivity (Wildman–Crippen MR) is 91.2 cm³/mol. The second kappa shape index (κ2) is 7.36. The van der Waals surface area contributed by atoms with E-state index in [1.165, 1.54) is 40.4 Å². The Morgan fingerprint density at radius 3 is 2.64 bits per heavy atom. The molecule has 0 aliphatic heterocycles. The molecule has 0 fully saturated rings. The molecule has 3 nitrogen and oxygen atoms in total. The maximum Gasteiger partial charge on any atom is 0.110 e. The largest absolute Gasteiger partial charge is 0.392 e. The Morgan fingerprint density at radius 1 is 1.18 bits per heavy atom. The number of aryl methyl sites for hydroxylation is 2. The number of nitrogens with zero attached hydrogens (tertiary/aromatic N) is 1. The Morgan fingerprint density at radius 2 is 1.91 bits per heavy atom. The van der Waals surface area contributed by atoms with Crippen LogP contribution >= 0.6 is 11.3 Å². The van der Waals surface area contributed by atoms with Crippen LogP contribution in [0.5, 0.6) is 0 Å². The van der Waals surface area contributed by atoms with E-state index in [4.69, 9.17) is 10.1 Å². The van der Waals surface area contributed by atoms with E-state index >= 15 is 0 Å². The molecule has 1 heterocycles. The normalized spacial score (nSPS) is 15.5. The molecular weight excluding hydrogens is 292 g/mol. The topological polar surface area (TPSA) is 45.1 Å². The number of hydrogen-bond donors (Lipinski definition) is 2. The van der Waals surface area contributed by atoms with Crippen molar-refractivity contribution in [1.29, 1.82) is 0 Å². The summed E-state index contributed by atoms with van der Waals surface area (Å²) in [7, 11) is 0. The van der Waals surface area contributed by atoms with Crippen LogP contribution in [0.15, 0.2) is 24.3 Å². The first-order chi connectivity index (χ1) is 10.8. The summed E-state index contributed by atoms with van der Waals surface area (Å²) in [5, 5.41) is 13.9. The molecule has 118 valence electrons. The Balaban J connectivity index is 1.51. The van der Waals surface area contributed by atoms with E-state index in [-0.39, 0.29) is 6.61 Å². The number of nitrogens with one attached hydrogen (secondary N) is 1. The first-order valence-corrected chi connectivity index (χ1v) is 8.98. The van der Waals surface area contributed by atoms with Gasteiger partial charge in [0.05, 0.1) is 18.3 Å². The number of aromatic nitrogens is 1. The molecule has 2 aromatic rings. The summed E-state index contributed by atoms with van der Waals surface area (Å²) in [6, 6.07) is 8.51. The highest BCUT2D eigenvalue weighted by Crippen LogP contribution is 2.29. The van der Waals surface area contributed by atoms with E-state index in [1.54, 1.807) is 0 Å². The minimum atomic E-state index is 0.115. The molecule has 0 spiro atoms. The fourth-order valence-electron chi connectivity index (χ4n) is 2.89. The lowest BCUT2D eigenvalue weighted by Crippen LogP contribution is -2.21. The van der Waals surface area contributed by atoms with Crippen LogP contribution in [-0.2, 0) is 25.9 Å². The lowest BCUT2D eigenvalue weighted by molar-refractivity contribution is 0.282. The molecule has 0 amide bonds. The van der Waals surface area contributed by atoms with Crippen LogP contribution in [0.25, 0.3) is 0 Å². The van der Waals surface area contributed by atoms with Gasteiger partial charge in [-0.2, -0.15) is 0 Å². The summed E-state index contributed by atoms with van der Waals surface area (Å²) in [5.41, 5.74) is 3.62. The van der Waals surface area contributed by atoms with E-state index in [1.807, 2.05) is 23.5 Å². The minimum absolute atomic E-state index is 0.115. The molecule has 1 aromatic heterocycles. The van der Waals surface area contributed by atoms with Crippen molar-refractivity contribution in [2.45, 2.75) is 51.7 Å². The summed E-state index contributed by atoms with van der Waals surface area (Å²) >= 11 is 1.89. The molecule has 3 rings (SSSR count). The average molecular weight is 316 g/mol. The molecule has 0 saturated carbocycles. The lowest BCUT2D eigenvalue weighted by Gasteiger charge is -2.11. The zero-order valence-corrected chi connectivity index (χ0v) is 14.0. The number of rotatable bonds is 6. The van der Waals surface area contributed by atoms with Crippen LogP contribution in [0.2, 0.25) is 0 Å². The second-order valence-corrected chi connectivity index (χ2v) is 7.14. The molecular formula is C18H24N2OS. The molecule has 1 aliphatic rings. The molecule has 0 radical (unpaired) electrons. The molecule has 1 aromatic carbocycles. The smallest absolute Gasteiger partial charge is 0.110 e. The molecule has 22 heavy (non-hydrogen) atoms. The van der Waals surface area contributed by atoms with Crippen molar-refractivity contribution in [2.75, 3.05) is 6.54 Å². The van der Waals surface area contributed by atoms with Crippen molar-refractivity contribution < 1.29 is 5.11 Å². The number of thiazole rings is 1. The van der Waals surface area contributed by atoms with Gasteiger partial charge in [-0.25, -0.2) is 4.98 Å². The summed E-state index contributed by atoms with van der Waals surface area (Å²) < 4.78 is 0. The van der Waals surface area contributed by atoms with Gasteiger partial charge in [0, 0.05) is 4.88 Å². The number of aliphatic hydroxyl groups excluding tert-OH is 1. The highest BCUT2D eigenvalue weighted by Gasteiger charge is 2.17. The third kappa shape index (κ3) is 3.75. The summed E-state index contributed by atoms with van der Waals surface area (Å²) in [6.07, 6.45) is 6.00. The van der Waals surface area contributed by atoms with Gasteiger partial charge >= 0.3 is 0 Å². The van der Waals surface area contributed by atoms with Gasteiger partial charge in [-0.1, -0.05) is 24.3 Å². The summed E-state index contributed by atoms with van der Waals surface area (Å²) in [5.74, 6) is 0. The van der Waals surface area contributed by atoms with Gasteiger partial charge in [0.25, 0.3) is 0 Å². The number of hydrogen-bond acceptors (Lipinski definition) is 4. The molecule has 1 aliphatic carbocycles. The van der Waals surface area contributed by atoms with E-state index in [0.29, 0.717) is 6.04 Å². The molecule has 0 saturated heterocycles. The Hall–Kier alpha value is -1.23. The highest BCUT2D eigenvalue weighted by atomic mass is 32.1. The van der Waals surface area contributed by atoms with Gasteiger partial charge < -0.3 is 10.4 Å². The average Bonchev–Trinajstić information content (AvgIpc) is 2.99. The zero-order chi connectivity index (χ0) is 15.4. The number of aliphatic hydroxyl groups is 1. The molecule has 0 bridgehead atoms. The Bertz CT molecular complexity index is 583. The van der Waals surface area contributed by atoms with Crippen LogP contribution in [0.1, 0.15) is 52.5 Å². The van der Waals surface area contributed by atoms with Crippen molar-refractivity contribution >= 4 is 11.3 Å². The molecule has 1 atom stereocenters. The summed E-state index contributed by atoms with van der Waals surface area (Å²) in [4.78, 5) is 6.34. The van der Waals surface area contributed by atoms with Gasteiger partial charge in [-0.3, -0.25) is 0 Å². The predicted octanol–water partition coefficient (Wildman–Crippen LogP) is 3.41. The zero-order valence-electron chi connectivity index (χ0n) is 13.1. The first kappa shape index (κ1) is 15.7. The molecule has 1 unspecified atom stereocenters. The van der Waals surface area contributed by atoms with Crippen LogP contribution in [-0.4, -0.2) is 16.6 Å². The van der Waals surface area contributed by atoms with E-state index in [0.717, 1.165) is 24.9 Å².